The topological polar surface area (TPSA) is 91.8 Å². The highest BCUT2D eigenvalue weighted by Crippen LogP contribution is 2.36. The van der Waals surface area contributed by atoms with Gasteiger partial charge in [-0.05, 0) is 35.4 Å². The third kappa shape index (κ3) is 3.04. The number of hydrogen-bond donors (Lipinski definition) is 0. The van der Waals surface area contributed by atoms with Gasteiger partial charge in [0.2, 0.25) is 16.9 Å². The molecular formula is C14H14N6O2S. The summed E-state index contributed by atoms with van der Waals surface area (Å²) in [6, 6.07) is 8.00. The van der Waals surface area contributed by atoms with E-state index in [1.807, 2.05) is 28.9 Å². The van der Waals surface area contributed by atoms with Gasteiger partial charge in [-0.15, -0.1) is 5.10 Å². The molecule has 1 aliphatic carbocycles. The van der Waals surface area contributed by atoms with E-state index in [-0.39, 0.29) is 0 Å². The van der Waals surface area contributed by atoms with Crippen LogP contribution in [0, 0.1) is 0 Å². The monoisotopic (exact) mass is 330 g/mol. The SMILES string of the molecule is COc1cccc(-c2noc(CSc3nnnn3C3CC3)n2)c1. The Bertz CT molecular complexity index is 813. The molecule has 0 atom stereocenters. The van der Waals surface area contributed by atoms with E-state index in [1.54, 1.807) is 7.11 Å². The molecule has 2 heterocycles. The Morgan fingerprint density at radius 2 is 2.30 bits per heavy atom. The van der Waals surface area contributed by atoms with Crippen molar-refractivity contribution in [3.63, 3.8) is 0 Å². The number of methoxy groups -OCH3 is 1. The number of ether oxygens (including phenoxy) is 1. The number of nitrogens with zero attached hydrogens (tertiary/aromatic N) is 6. The van der Waals surface area contributed by atoms with E-state index < -0.39 is 0 Å². The van der Waals surface area contributed by atoms with Gasteiger partial charge in [0.1, 0.15) is 5.75 Å². The average Bonchev–Trinajstić information content (AvgIpc) is 3.14. The first-order valence-electron chi connectivity index (χ1n) is 7.21. The Morgan fingerprint density at radius 3 is 3.13 bits per heavy atom. The van der Waals surface area contributed by atoms with Crippen LogP contribution in [0.2, 0.25) is 0 Å². The van der Waals surface area contributed by atoms with E-state index in [4.69, 9.17) is 9.26 Å². The zero-order valence-corrected chi connectivity index (χ0v) is 13.2. The molecule has 4 rings (SSSR count). The molecule has 2 aromatic heterocycles. The molecule has 118 valence electrons. The predicted molar refractivity (Wildman–Crippen MR) is 81.9 cm³/mol. The van der Waals surface area contributed by atoms with Gasteiger partial charge in [0, 0.05) is 5.56 Å². The fourth-order valence-corrected chi connectivity index (χ4v) is 2.93. The van der Waals surface area contributed by atoms with Crippen molar-refractivity contribution in [1.82, 2.24) is 30.3 Å². The molecule has 1 fully saturated rings. The van der Waals surface area contributed by atoms with Crippen LogP contribution >= 0.6 is 11.8 Å². The van der Waals surface area contributed by atoms with Crippen molar-refractivity contribution in [2.24, 2.45) is 0 Å². The summed E-state index contributed by atoms with van der Waals surface area (Å²) in [5.41, 5.74) is 0.854. The third-order valence-corrected chi connectivity index (χ3v) is 4.39. The summed E-state index contributed by atoms with van der Waals surface area (Å²) in [6.45, 7) is 0. The van der Waals surface area contributed by atoms with Crippen molar-refractivity contribution in [2.75, 3.05) is 7.11 Å². The zero-order valence-electron chi connectivity index (χ0n) is 12.4. The molecule has 1 aliphatic rings. The highest BCUT2D eigenvalue weighted by atomic mass is 32.2. The van der Waals surface area contributed by atoms with Crippen molar-refractivity contribution in [3.05, 3.63) is 30.2 Å². The molecule has 3 aromatic rings. The second-order valence-corrected chi connectivity index (χ2v) is 6.11. The van der Waals surface area contributed by atoms with Crippen molar-refractivity contribution in [2.45, 2.75) is 29.8 Å². The normalized spacial score (nSPS) is 14.1. The molecule has 8 nitrogen and oxygen atoms in total. The molecule has 23 heavy (non-hydrogen) atoms. The first-order chi connectivity index (χ1) is 11.3. The minimum absolute atomic E-state index is 0.447. The van der Waals surface area contributed by atoms with Crippen molar-refractivity contribution < 1.29 is 9.26 Å². The predicted octanol–water partition coefficient (Wildman–Crippen LogP) is 2.36. The lowest BCUT2D eigenvalue weighted by Gasteiger charge is -2.00. The van der Waals surface area contributed by atoms with E-state index in [9.17, 15) is 0 Å². The molecule has 9 heteroatoms. The first kappa shape index (κ1) is 14.2. The van der Waals surface area contributed by atoms with Crippen molar-refractivity contribution in [1.29, 1.82) is 0 Å². The highest BCUT2D eigenvalue weighted by molar-refractivity contribution is 7.98. The fraction of sp³-hybridized carbons (Fsp3) is 0.357. The van der Waals surface area contributed by atoms with Gasteiger partial charge in [0.05, 0.1) is 18.9 Å². The maximum Gasteiger partial charge on any atom is 0.237 e. The van der Waals surface area contributed by atoms with Crippen molar-refractivity contribution >= 4 is 11.8 Å². The van der Waals surface area contributed by atoms with E-state index in [2.05, 4.69) is 25.7 Å². The molecule has 0 amide bonds. The van der Waals surface area contributed by atoms with Gasteiger partial charge in [-0.3, -0.25) is 0 Å². The van der Waals surface area contributed by atoms with Crippen molar-refractivity contribution in [3.8, 4) is 17.1 Å². The number of tetrazole rings is 1. The Morgan fingerprint density at radius 1 is 1.39 bits per heavy atom. The summed E-state index contributed by atoms with van der Waals surface area (Å²) in [4.78, 5) is 4.41. The van der Waals surface area contributed by atoms with E-state index >= 15 is 0 Å². The number of thioether (sulfide) groups is 1. The second kappa shape index (κ2) is 5.99. The maximum atomic E-state index is 5.31. The van der Waals surface area contributed by atoms with Crippen LogP contribution in [0.5, 0.6) is 5.75 Å². The van der Waals surface area contributed by atoms with Gasteiger partial charge >= 0.3 is 0 Å². The number of benzene rings is 1. The maximum absolute atomic E-state index is 5.31. The molecule has 0 radical (unpaired) electrons. The van der Waals surface area contributed by atoms with Crippen LogP contribution in [-0.2, 0) is 5.75 Å². The lowest BCUT2D eigenvalue weighted by molar-refractivity contribution is 0.391. The van der Waals surface area contributed by atoms with Crippen LogP contribution in [-0.4, -0.2) is 37.5 Å². The summed E-state index contributed by atoms with van der Waals surface area (Å²) < 4.78 is 12.4. The van der Waals surface area contributed by atoms with E-state index in [0.717, 1.165) is 29.3 Å². The lowest BCUT2D eigenvalue weighted by atomic mass is 10.2. The third-order valence-electron chi connectivity index (χ3n) is 3.48. The average molecular weight is 330 g/mol. The summed E-state index contributed by atoms with van der Waals surface area (Å²) in [5.74, 6) is 2.37. The molecular weight excluding hydrogens is 316 g/mol. The van der Waals surface area contributed by atoms with Gasteiger partial charge in [-0.25, -0.2) is 4.68 Å². The number of aromatic nitrogens is 6. The molecule has 1 aromatic carbocycles. The molecule has 0 spiro atoms. The van der Waals surface area contributed by atoms with Gasteiger partial charge in [0.15, 0.2) is 0 Å². The Kier molecular flexibility index (Phi) is 3.70. The van der Waals surface area contributed by atoms with Gasteiger partial charge in [-0.1, -0.05) is 29.1 Å². The standard InChI is InChI=1S/C14H14N6O2S/c1-21-11-4-2-3-9(7-11)13-15-12(22-17-13)8-23-14-16-18-19-20(14)10-5-6-10/h2-4,7,10H,5-6,8H2,1H3. The highest BCUT2D eigenvalue weighted by Gasteiger charge is 2.28. The van der Waals surface area contributed by atoms with Gasteiger partial charge in [0.25, 0.3) is 0 Å². The molecule has 0 bridgehead atoms. The summed E-state index contributed by atoms with van der Waals surface area (Å²) in [5, 5.41) is 16.6. The summed E-state index contributed by atoms with van der Waals surface area (Å²) in [7, 11) is 1.63. The van der Waals surface area contributed by atoms with Gasteiger partial charge < -0.3 is 9.26 Å². The quantitative estimate of drug-likeness (QED) is 0.636. The number of rotatable bonds is 6. The zero-order chi connectivity index (χ0) is 15.6. The first-order valence-corrected chi connectivity index (χ1v) is 8.20. The summed E-state index contributed by atoms with van der Waals surface area (Å²) in [6.07, 6.45) is 2.28. The molecule has 0 aliphatic heterocycles. The van der Waals surface area contributed by atoms with Crippen LogP contribution in [0.3, 0.4) is 0 Å². The van der Waals surface area contributed by atoms with Crippen LogP contribution in [0.15, 0.2) is 33.9 Å². The molecule has 1 saturated carbocycles. The fourth-order valence-electron chi connectivity index (χ4n) is 2.15. The van der Waals surface area contributed by atoms with Crippen LogP contribution < -0.4 is 4.74 Å². The minimum atomic E-state index is 0.447. The minimum Gasteiger partial charge on any atom is -0.497 e. The molecule has 0 N–H and O–H groups in total. The molecule has 0 unspecified atom stereocenters. The van der Waals surface area contributed by atoms with Crippen LogP contribution in [0.1, 0.15) is 24.8 Å². The lowest BCUT2D eigenvalue weighted by Crippen LogP contribution is -1.98. The Balaban J connectivity index is 1.46. The summed E-state index contributed by atoms with van der Waals surface area (Å²) >= 11 is 1.50. The largest absolute Gasteiger partial charge is 0.497 e. The Hall–Kier alpha value is -2.42. The van der Waals surface area contributed by atoms with E-state index in [0.29, 0.717) is 23.5 Å². The van der Waals surface area contributed by atoms with Crippen LogP contribution in [0.25, 0.3) is 11.4 Å². The van der Waals surface area contributed by atoms with Crippen LogP contribution in [0.4, 0.5) is 0 Å². The smallest absolute Gasteiger partial charge is 0.237 e. The number of hydrogen-bond acceptors (Lipinski definition) is 8. The molecule has 0 saturated heterocycles. The van der Waals surface area contributed by atoms with E-state index in [1.165, 1.54) is 11.8 Å². The Labute approximate surface area is 136 Å². The second-order valence-electron chi connectivity index (χ2n) is 5.17. The van der Waals surface area contributed by atoms with Gasteiger partial charge in [-0.2, -0.15) is 4.98 Å².